The molecule has 4 rings (SSSR count). The number of benzene rings is 1. The molecule has 32 heavy (non-hydrogen) atoms. The molecule has 1 aromatic carbocycles. The number of nitrogens with zero attached hydrogens (tertiary/aromatic N) is 3. The second-order valence-electron chi connectivity index (χ2n) is 8.27. The first-order valence-corrected chi connectivity index (χ1v) is 11.4. The molecule has 0 saturated carbocycles. The van der Waals surface area contributed by atoms with Gasteiger partial charge in [0.15, 0.2) is 6.10 Å². The van der Waals surface area contributed by atoms with Crippen LogP contribution in [0.1, 0.15) is 35.4 Å². The normalized spacial score (nSPS) is 18.1. The van der Waals surface area contributed by atoms with E-state index in [9.17, 15) is 9.59 Å². The van der Waals surface area contributed by atoms with Crippen LogP contribution in [0.4, 0.5) is 0 Å². The number of fused-ring (bicyclic) bond motifs is 1. The topological polar surface area (TPSA) is 85.7 Å². The molecule has 3 heterocycles. The number of halogens is 1. The van der Waals surface area contributed by atoms with E-state index in [1.54, 1.807) is 9.58 Å². The van der Waals surface area contributed by atoms with Crippen LogP contribution in [0.25, 0.3) is 0 Å². The van der Waals surface area contributed by atoms with Crippen molar-refractivity contribution in [3.63, 3.8) is 0 Å². The van der Waals surface area contributed by atoms with E-state index in [1.807, 2.05) is 26.0 Å². The monoisotopic (exact) mass is 460 g/mol. The number of morpholine rings is 1. The highest BCUT2D eigenvalue weighted by atomic mass is 35.5. The lowest BCUT2D eigenvalue weighted by Crippen LogP contribution is -2.51. The molecule has 1 N–H and O–H groups in total. The average molecular weight is 461 g/mol. The maximum atomic E-state index is 12.7. The zero-order chi connectivity index (χ0) is 22.7. The van der Waals surface area contributed by atoms with Crippen LogP contribution in [-0.4, -0.2) is 58.9 Å². The summed E-state index contributed by atoms with van der Waals surface area (Å²) in [6.45, 7) is 6.42. The van der Waals surface area contributed by atoms with Gasteiger partial charge in [-0.3, -0.25) is 14.3 Å². The van der Waals surface area contributed by atoms with Gasteiger partial charge < -0.3 is 19.7 Å². The fraction of sp³-hybridized carbons (Fsp3) is 0.522. The third-order valence-electron chi connectivity index (χ3n) is 5.98. The van der Waals surface area contributed by atoms with Crippen molar-refractivity contribution in [1.82, 2.24) is 20.0 Å². The number of aryl methyl sites for hydroxylation is 3. The smallest absolute Gasteiger partial charge is 0.251 e. The van der Waals surface area contributed by atoms with Crippen molar-refractivity contribution in [2.75, 3.05) is 26.3 Å². The van der Waals surface area contributed by atoms with Crippen LogP contribution < -0.4 is 10.1 Å². The highest BCUT2D eigenvalue weighted by Gasteiger charge is 2.29. The van der Waals surface area contributed by atoms with E-state index in [1.165, 1.54) is 5.56 Å². The van der Waals surface area contributed by atoms with Crippen LogP contribution in [0.5, 0.6) is 5.75 Å². The molecule has 9 heteroatoms. The Morgan fingerprint density at radius 2 is 2.12 bits per heavy atom. The molecule has 2 amide bonds. The number of nitrogens with one attached hydrogen (secondary N) is 1. The van der Waals surface area contributed by atoms with Gasteiger partial charge in [-0.1, -0.05) is 23.7 Å². The lowest BCUT2D eigenvalue weighted by atomic mass is 10.0. The molecule has 0 aliphatic carbocycles. The van der Waals surface area contributed by atoms with Crippen molar-refractivity contribution in [3.05, 3.63) is 45.7 Å². The van der Waals surface area contributed by atoms with Crippen LogP contribution in [0.3, 0.4) is 0 Å². The summed E-state index contributed by atoms with van der Waals surface area (Å²) >= 11 is 6.18. The van der Waals surface area contributed by atoms with E-state index in [0.717, 1.165) is 42.1 Å². The zero-order valence-electron chi connectivity index (χ0n) is 18.5. The molecule has 2 aliphatic rings. The summed E-state index contributed by atoms with van der Waals surface area (Å²) in [5.41, 5.74) is 3.81. The third-order valence-corrected chi connectivity index (χ3v) is 6.53. The molecule has 0 spiro atoms. The summed E-state index contributed by atoms with van der Waals surface area (Å²) in [5, 5.41) is 7.94. The number of amides is 2. The molecular formula is C23H29ClN4O4. The zero-order valence-corrected chi connectivity index (χ0v) is 19.3. The molecule has 1 unspecified atom stereocenters. The largest absolute Gasteiger partial charge is 0.493 e. The minimum absolute atomic E-state index is 0.0236. The highest BCUT2D eigenvalue weighted by molar-refractivity contribution is 6.31. The third kappa shape index (κ3) is 5.07. The van der Waals surface area contributed by atoms with Gasteiger partial charge in [0.05, 0.1) is 42.7 Å². The SMILES string of the molecule is Cc1nn(CCC(=O)N2CCOC(C(=O)NCc3ccc4c(c3)CCCO4)C2)c(C)c1Cl. The first-order chi connectivity index (χ1) is 15.4. The minimum atomic E-state index is -0.670. The number of hydrogen-bond acceptors (Lipinski definition) is 5. The van der Waals surface area contributed by atoms with Crippen LogP contribution in [0.2, 0.25) is 5.02 Å². The maximum absolute atomic E-state index is 12.7. The molecule has 8 nitrogen and oxygen atoms in total. The molecule has 1 atom stereocenters. The number of hydrogen-bond donors (Lipinski definition) is 1. The van der Waals surface area contributed by atoms with Crippen molar-refractivity contribution >= 4 is 23.4 Å². The number of carbonyl (C=O) groups excluding carboxylic acids is 2. The Bertz CT molecular complexity index is 1010. The second-order valence-corrected chi connectivity index (χ2v) is 8.65. The Morgan fingerprint density at radius 1 is 1.28 bits per heavy atom. The average Bonchev–Trinajstić information content (AvgIpc) is 3.07. The van der Waals surface area contributed by atoms with Gasteiger partial charge >= 0.3 is 0 Å². The van der Waals surface area contributed by atoms with Crippen LogP contribution in [0, 0.1) is 13.8 Å². The quantitative estimate of drug-likeness (QED) is 0.715. The van der Waals surface area contributed by atoms with E-state index in [0.29, 0.717) is 37.7 Å². The van der Waals surface area contributed by atoms with E-state index < -0.39 is 6.10 Å². The number of carbonyl (C=O) groups is 2. The fourth-order valence-corrected chi connectivity index (χ4v) is 4.25. The van der Waals surface area contributed by atoms with E-state index >= 15 is 0 Å². The summed E-state index contributed by atoms with van der Waals surface area (Å²) in [6, 6.07) is 6.01. The Labute approximate surface area is 192 Å². The number of ether oxygens (including phenoxy) is 2. The lowest BCUT2D eigenvalue weighted by molar-refractivity contribution is -0.147. The van der Waals surface area contributed by atoms with Gasteiger partial charge in [-0.2, -0.15) is 5.10 Å². The predicted octanol–water partition coefficient (Wildman–Crippen LogP) is 2.41. The van der Waals surface area contributed by atoms with E-state index in [2.05, 4.69) is 16.5 Å². The van der Waals surface area contributed by atoms with Gasteiger partial charge in [0.1, 0.15) is 5.75 Å². The Balaban J connectivity index is 1.27. The van der Waals surface area contributed by atoms with Crippen molar-refractivity contribution in [3.8, 4) is 5.75 Å². The first kappa shape index (κ1) is 22.6. The van der Waals surface area contributed by atoms with Crippen molar-refractivity contribution < 1.29 is 19.1 Å². The fourth-order valence-electron chi connectivity index (χ4n) is 4.11. The molecule has 0 bridgehead atoms. The summed E-state index contributed by atoms with van der Waals surface area (Å²) < 4.78 is 13.0. The van der Waals surface area contributed by atoms with Gasteiger partial charge in [-0.05, 0) is 43.9 Å². The van der Waals surface area contributed by atoms with Crippen molar-refractivity contribution in [2.45, 2.75) is 52.3 Å². The van der Waals surface area contributed by atoms with Crippen LogP contribution >= 0.6 is 11.6 Å². The van der Waals surface area contributed by atoms with Gasteiger partial charge in [0.25, 0.3) is 5.91 Å². The lowest BCUT2D eigenvalue weighted by Gasteiger charge is -2.32. The van der Waals surface area contributed by atoms with Crippen LogP contribution in [0.15, 0.2) is 18.2 Å². The highest BCUT2D eigenvalue weighted by Crippen LogP contribution is 2.25. The van der Waals surface area contributed by atoms with E-state index in [-0.39, 0.29) is 18.4 Å². The Kier molecular flexibility index (Phi) is 7.01. The van der Waals surface area contributed by atoms with Gasteiger partial charge in [0.2, 0.25) is 5.91 Å². The predicted molar refractivity (Wildman–Crippen MR) is 120 cm³/mol. The summed E-state index contributed by atoms with van der Waals surface area (Å²) in [5.74, 6) is 0.699. The van der Waals surface area contributed by atoms with Crippen LogP contribution in [-0.2, 0) is 33.8 Å². The molecule has 1 aromatic heterocycles. The Hall–Kier alpha value is -2.58. The molecule has 2 aromatic rings. The Morgan fingerprint density at radius 3 is 2.91 bits per heavy atom. The van der Waals surface area contributed by atoms with Crippen molar-refractivity contribution in [1.29, 1.82) is 0 Å². The standard InChI is InChI=1S/C23H29ClN4O4/c1-15-22(24)16(2)28(26-15)8-7-21(29)27-9-11-32-20(14-27)23(30)25-13-17-5-6-19-18(12-17)4-3-10-31-19/h5-6,12,20H,3-4,7-11,13-14H2,1-2H3,(H,25,30). The molecular weight excluding hydrogens is 432 g/mol. The summed E-state index contributed by atoms with van der Waals surface area (Å²) in [7, 11) is 0. The number of aromatic nitrogens is 2. The number of rotatable bonds is 6. The molecule has 2 aliphatic heterocycles. The van der Waals surface area contributed by atoms with Crippen molar-refractivity contribution in [2.24, 2.45) is 0 Å². The van der Waals surface area contributed by atoms with E-state index in [4.69, 9.17) is 21.1 Å². The first-order valence-electron chi connectivity index (χ1n) is 11.0. The minimum Gasteiger partial charge on any atom is -0.493 e. The second kappa shape index (κ2) is 9.92. The molecule has 172 valence electrons. The molecule has 1 saturated heterocycles. The van der Waals surface area contributed by atoms with Gasteiger partial charge in [0, 0.05) is 19.5 Å². The van der Waals surface area contributed by atoms with Gasteiger partial charge in [-0.25, -0.2) is 0 Å². The summed E-state index contributed by atoms with van der Waals surface area (Å²) in [4.78, 5) is 27.1. The van der Waals surface area contributed by atoms with Gasteiger partial charge in [-0.15, -0.1) is 0 Å². The maximum Gasteiger partial charge on any atom is 0.251 e. The molecule has 1 fully saturated rings. The summed E-state index contributed by atoms with van der Waals surface area (Å²) in [6.07, 6.45) is 1.62. The molecule has 0 radical (unpaired) electrons.